The molecule has 0 bridgehead atoms. The molecule has 0 amide bonds. The number of hydrogen-bond acceptors (Lipinski definition) is 6. The van der Waals surface area contributed by atoms with Crippen LogP contribution in [0.5, 0.6) is 5.88 Å². The Bertz CT molecular complexity index is 1100. The van der Waals surface area contributed by atoms with Gasteiger partial charge in [0.05, 0.1) is 19.0 Å². The number of nitrogens with one attached hydrogen (secondary N) is 1. The van der Waals surface area contributed by atoms with Crippen molar-refractivity contribution < 1.29 is 13.2 Å². The van der Waals surface area contributed by atoms with Crippen LogP contribution in [-0.2, 0) is 16.4 Å². The number of anilines is 1. The predicted octanol–water partition coefficient (Wildman–Crippen LogP) is 4.20. The van der Waals surface area contributed by atoms with Gasteiger partial charge in [-0.15, -0.1) is 0 Å². The lowest BCUT2D eigenvalue weighted by atomic mass is 10.0. The second-order valence-corrected chi connectivity index (χ2v) is 8.84. The van der Waals surface area contributed by atoms with Crippen LogP contribution < -0.4 is 9.46 Å². The van der Waals surface area contributed by atoms with Crippen molar-refractivity contribution in [2.75, 3.05) is 11.8 Å². The van der Waals surface area contributed by atoms with Crippen molar-refractivity contribution in [3.63, 3.8) is 0 Å². The molecule has 3 rings (SSSR count). The van der Waals surface area contributed by atoms with Gasteiger partial charge in [-0.3, -0.25) is 9.71 Å². The van der Waals surface area contributed by atoms with E-state index in [1.54, 1.807) is 12.3 Å². The number of pyridine rings is 1. The third kappa shape index (κ3) is 5.02. The monoisotopic (exact) mass is 432 g/mol. The molecule has 152 valence electrons. The Kier molecular flexibility index (Phi) is 6.34. The van der Waals surface area contributed by atoms with Crippen molar-refractivity contribution >= 4 is 27.4 Å². The van der Waals surface area contributed by atoms with Gasteiger partial charge in [0.1, 0.15) is 4.90 Å². The lowest BCUT2D eigenvalue weighted by molar-refractivity contribution is 0.398. The fourth-order valence-corrected chi connectivity index (χ4v) is 4.15. The summed E-state index contributed by atoms with van der Waals surface area (Å²) in [4.78, 5) is 12.2. The molecule has 0 fully saturated rings. The highest BCUT2D eigenvalue weighted by atomic mass is 35.5. The molecule has 0 aliphatic carbocycles. The van der Waals surface area contributed by atoms with Crippen LogP contribution in [0.15, 0.2) is 53.7 Å². The number of halogens is 1. The van der Waals surface area contributed by atoms with E-state index < -0.39 is 10.0 Å². The number of methoxy groups -OCH3 is 1. The summed E-state index contributed by atoms with van der Waals surface area (Å²) < 4.78 is 33.6. The quantitative estimate of drug-likeness (QED) is 0.601. The first-order chi connectivity index (χ1) is 13.8. The zero-order valence-corrected chi connectivity index (χ0v) is 17.8. The maximum atomic E-state index is 13.1. The molecule has 2 aromatic heterocycles. The van der Waals surface area contributed by atoms with E-state index in [1.165, 1.54) is 24.9 Å². The van der Waals surface area contributed by atoms with Crippen molar-refractivity contribution in [1.82, 2.24) is 15.0 Å². The van der Waals surface area contributed by atoms with Crippen LogP contribution in [-0.4, -0.2) is 30.5 Å². The Morgan fingerprint density at radius 3 is 2.52 bits per heavy atom. The largest absolute Gasteiger partial charge is 0.478 e. The first-order valence-electron chi connectivity index (χ1n) is 8.94. The van der Waals surface area contributed by atoms with Gasteiger partial charge in [-0.05, 0) is 30.0 Å². The minimum Gasteiger partial charge on any atom is -0.478 e. The summed E-state index contributed by atoms with van der Waals surface area (Å²) in [6.45, 7) is 4.30. The third-order valence-corrected chi connectivity index (χ3v) is 5.62. The number of benzene rings is 1. The zero-order chi connectivity index (χ0) is 21.0. The second-order valence-electron chi connectivity index (χ2n) is 6.80. The van der Waals surface area contributed by atoms with E-state index >= 15 is 0 Å². The van der Waals surface area contributed by atoms with Gasteiger partial charge in [0.25, 0.3) is 15.9 Å². The molecule has 0 atom stereocenters. The third-order valence-electron chi connectivity index (χ3n) is 4.07. The van der Waals surface area contributed by atoms with E-state index in [4.69, 9.17) is 16.3 Å². The van der Waals surface area contributed by atoms with E-state index in [1.807, 2.05) is 24.3 Å². The van der Waals surface area contributed by atoms with Crippen LogP contribution in [0.2, 0.25) is 5.15 Å². The minimum atomic E-state index is -4.00. The molecule has 7 nitrogen and oxygen atoms in total. The van der Waals surface area contributed by atoms with Crippen LogP contribution >= 0.6 is 11.6 Å². The van der Waals surface area contributed by atoms with Crippen LogP contribution in [0.4, 0.5) is 5.82 Å². The Balaban J connectivity index is 1.97. The SMILES string of the molecule is COc1nc(Cl)cnc1NS(=O)(=O)c1cccnc1-c1ccc(CC(C)C)cc1. The molecule has 2 heterocycles. The molecule has 0 aliphatic heterocycles. The first-order valence-corrected chi connectivity index (χ1v) is 10.8. The summed E-state index contributed by atoms with van der Waals surface area (Å²) in [6, 6.07) is 10.8. The average molecular weight is 433 g/mol. The fourth-order valence-electron chi connectivity index (χ4n) is 2.84. The highest BCUT2D eigenvalue weighted by Gasteiger charge is 2.23. The fraction of sp³-hybridized carbons (Fsp3) is 0.250. The van der Waals surface area contributed by atoms with Gasteiger partial charge >= 0.3 is 0 Å². The predicted molar refractivity (Wildman–Crippen MR) is 113 cm³/mol. The van der Waals surface area contributed by atoms with Crippen molar-refractivity contribution in [1.29, 1.82) is 0 Å². The van der Waals surface area contributed by atoms with E-state index in [2.05, 4.69) is 33.5 Å². The van der Waals surface area contributed by atoms with E-state index in [9.17, 15) is 8.42 Å². The van der Waals surface area contributed by atoms with Gasteiger partial charge in [-0.1, -0.05) is 49.7 Å². The molecule has 1 aromatic carbocycles. The van der Waals surface area contributed by atoms with Crippen molar-refractivity contribution in [3.8, 4) is 17.1 Å². The van der Waals surface area contributed by atoms with Gasteiger partial charge in [-0.2, -0.15) is 4.98 Å². The van der Waals surface area contributed by atoms with Gasteiger partial charge in [-0.25, -0.2) is 13.4 Å². The summed E-state index contributed by atoms with van der Waals surface area (Å²) in [6.07, 6.45) is 3.74. The number of ether oxygens (including phenoxy) is 1. The Labute approximate surface area is 175 Å². The maximum absolute atomic E-state index is 13.1. The molecule has 1 N–H and O–H groups in total. The zero-order valence-electron chi connectivity index (χ0n) is 16.3. The molecule has 9 heteroatoms. The molecule has 0 radical (unpaired) electrons. The molecular formula is C20H21ClN4O3S. The lowest BCUT2D eigenvalue weighted by Gasteiger charge is -2.13. The average Bonchev–Trinajstić information content (AvgIpc) is 2.69. The number of sulfonamides is 1. The second kappa shape index (κ2) is 8.75. The van der Waals surface area contributed by atoms with Crippen molar-refractivity contribution in [2.24, 2.45) is 5.92 Å². The molecule has 29 heavy (non-hydrogen) atoms. The molecular weight excluding hydrogens is 412 g/mol. The maximum Gasteiger partial charge on any atom is 0.265 e. The summed E-state index contributed by atoms with van der Waals surface area (Å²) in [5.41, 5.74) is 2.23. The van der Waals surface area contributed by atoms with Gasteiger partial charge in [0.2, 0.25) is 5.82 Å². The summed E-state index contributed by atoms with van der Waals surface area (Å²) in [5.74, 6) is 0.454. The van der Waals surface area contributed by atoms with Gasteiger partial charge < -0.3 is 4.74 Å². The van der Waals surface area contributed by atoms with E-state index in [0.29, 0.717) is 17.2 Å². The van der Waals surface area contributed by atoms with Crippen molar-refractivity contribution in [3.05, 3.63) is 59.5 Å². The summed E-state index contributed by atoms with van der Waals surface area (Å²) >= 11 is 5.79. The normalized spacial score (nSPS) is 11.5. The van der Waals surface area contributed by atoms with Crippen molar-refractivity contribution in [2.45, 2.75) is 25.2 Å². The highest BCUT2D eigenvalue weighted by Crippen LogP contribution is 2.29. The Morgan fingerprint density at radius 1 is 1.14 bits per heavy atom. The van der Waals surface area contributed by atoms with Gasteiger partial charge in [0.15, 0.2) is 5.15 Å². The molecule has 0 aliphatic rings. The number of aromatic nitrogens is 3. The molecule has 0 saturated carbocycles. The Hall–Kier alpha value is -2.71. The summed E-state index contributed by atoms with van der Waals surface area (Å²) in [5, 5.41) is 0.0911. The highest BCUT2D eigenvalue weighted by molar-refractivity contribution is 7.92. The first kappa shape index (κ1) is 21.0. The number of hydrogen-bond donors (Lipinski definition) is 1. The summed E-state index contributed by atoms with van der Waals surface area (Å²) in [7, 11) is -2.65. The van der Waals surface area contributed by atoms with Crippen LogP contribution in [0.1, 0.15) is 19.4 Å². The molecule has 0 unspecified atom stereocenters. The molecule has 0 spiro atoms. The van der Waals surface area contributed by atoms with Crippen LogP contribution in [0.3, 0.4) is 0 Å². The molecule has 0 saturated heterocycles. The van der Waals surface area contributed by atoms with Gasteiger partial charge in [0, 0.05) is 11.8 Å². The lowest BCUT2D eigenvalue weighted by Crippen LogP contribution is -2.16. The molecule has 3 aromatic rings. The minimum absolute atomic E-state index is 0.0235. The van der Waals surface area contributed by atoms with E-state index in [0.717, 1.165) is 6.42 Å². The topological polar surface area (TPSA) is 94.1 Å². The smallest absolute Gasteiger partial charge is 0.265 e. The van der Waals surface area contributed by atoms with E-state index in [-0.39, 0.29) is 21.7 Å². The van der Waals surface area contributed by atoms with Crippen LogP contribution in [0, 0.1) is 5.92 Å². The Morgan fingerprint density at radius 2 is 1.86 bits per heavy atom. The van der Waals surface area contributed by atoms with Crippen LogP contribution in [0.25, 0.3) is 11.3 Å². The number of rotatable bonds is 7. The standard InChI is InChI=1S/C20H21ClN4O3S/c1-13(2)11-14-6-8-15(9-7-14)18-16(5-4-10-22-18)29(26,27)25-19-20(28-3)24-17(21)12-23-19/h4-10,12-13H,11H2,1-3H3,(H,23,25). The number of nitrogens with zero attached hydrogens (tertiary/aromatic N) is 3.